The summed E-state index contributed by atoms with van der Waals surface area (Å²) in [7, 11) is 1.58. The van der Waals surface area contributed by atoms with E-state index in [2.05, 4.69) is 6.92 Å². The number of rotatable bonds is 3. The fourth-order valence-corrected chi connectivity index (χ4v) is 2.58. The first-order chi connectivity index (χ1) is 10.2. The van der Waals surface area contributed by atoms with Gasteiger partial charge in [-0.15, -0.1) is 0 Å². The maximum Gasteiger partial charge on any atom is 0.258 e. The highest BCUT2D eigenvalue weighted by Gasteiger charge is 2.26. The van der Waals surface area contributed by atoms with E-state index < -0.39 is 0 Å². The third-order valence-electron chi connectivity index (χ3n) is 3.86. The summed E-state index contributed by atoms with van der Waals surface area (Å²) >= 11 is 0. The van der Waals surface area contributed by atoms with Gasteiger partial charge in [-0.25, -0.2) is 0 Å². The number of furan rings is 1. The molecule has 1 unspecified atom stereocenters. The number of carbonyl (C=O) groups is 1. The lowest BCUT2D eigenvalue weighted by Gasteiger charge is -2.31. The number of benzene rings is 1. The summed E-state index contributed by atoms with van der Waals surface area (Å²) < 4.78 is 16.1. The molecule has 0 bridgehead atoms. The van der Waals surface area contributed by atoms with Crippen LogP contribution in [-0.4, -0.2) is 43.9 Å². The van der Waals surface area contributed by atoms with Crippen molar-refractivity contribution in [2.24, 2.45) is 0 Å². The Balaban J connectivity index is 1.90. The molecule has 2 heterocycles. The Labute approximate surface area is 123 Å². The first kappa shape index (κ1) is 14.1. The van der Waals surface area contributed by atoms with E-state index in [4.69, 9.17) is 13.9 Å². The molecule has 1 saturated heterocycles. The van der Waals surface area contributed by atoms with Crippen LogP contribution < -0.4 is 0 Å². The van der Waals surface area contributed by atoms with Gasteiger partial charge in [0.25, 0.3) is 5.91 Å². The summed E-state index contributed by atoms with van der Waals surface area (Å²) in [5.74, 6) is -0.0349. The lowest BCUT2D eigenvalue weighted by atomic mass is 10.1. The van der Waals surface area contributed by atoms with Crippen LogP contribution in [0.4, 0.5) is 0 Å². The Morgan fingerprint density at radius 1 is 1.48 bits per heavy atom. The zero-order valence-corrected chi connectivity index (χ0v) is 12.3. The molecule has 0 N–H and O–H groups in total. The van der Waals surface area contributed by atoms with Crippen molar-refractivity contribution in [1.82, 2.24) is 4.90 Å². The first-order valence-electron chi connectivity index (χ1n) is 7.16. The number of aryl methyl sites for hydroxylation is 1. The molecular weight excluding hydrogens is 270 g/mol. The fraction of sp³-hybridized carbons (Fsp3) is 0.438. The molecule has 0 spiro atoms. The molecule has 0 aliphatic carbocycles. The van der Waals surface area contributed by atoms with Crippen molar-refractivity contribution in [2.45, 2.75) is 19.6 Å². The minimum absolute atomic E-state index is 0.0349. The van der Waals surface area contributed by atoms with Gasteiger partial charge in [-0.3, -0.25) is 4.79 Å². The Hall–Kier alpha value is -1.85. The van der Waals surface area contributed by atoms with Gasteiger partial charge in [0.2, 0.25) is 0 Å². The Kier molecular flexibility index (Phi) is 3.94. The van der Waals surface area contributed by atoms with Gasteiger partial charge in [0, 0.05) is 19.0 Å². The average molecular weight is 289 g/mol. The number of fused-ring (bicyclic) bond motifs is 1. The largest absolute Gasteiger partial charge is 0.463 e. The zero-order chi connectivity index (χ0) is 14.8. The molecule has 1 aromatic carbocycles. The van der Waals surface area contributed by atoms with Gasteiger partial charge in [0.1, 0.15) is 11.8 Å². The maximum atomic E-state index is 12.7. The highest BCUT2D eigenvalue weighted by Crippen LogP contribution is 2.24. The number of hydrogen-bond acceptors (Lipinski definition) is 4. The van der Waals surface area contributed by atoms with E-state index >= 15 is 0 Å². The molecule has 112 valence electrons. The smallest absolute Gasteiger partial charge is 0.258 e. The molecule has 3 rings (SSSR count). The van der Waals surface area contributed by atoms with E-state index in [1.807, 2.05) is 18.2 Å². The third kappa shape index (κ3) is 2.66. The van der Waals surface area contributed by atoms with Crippen LogP contribution in [-0.2, 0) is 15.9 Å². The van der Waals surface area contributed by atoms with Gasteiger partial charge in [0.15, 0.2) is 6.29 Å². The molecule has 21 heavy (non-hydrogen) atoms. The molecule has 1 aliphatic heterocycles. The van der Waals surface area contributed by atoms with Gasteiger partial charge in [-0.05, 0) is 24.1 Å². The van der Waals surface area contributed by atoms with Crippen molar-refractivity contribution in [3.63, 3.8) is 0 Å². The molecule has 1 atom stereocenters. The fourth-order valence-electron chi connectivity index (χ4n) is 2.58. The first-order valence-corrected chi connectivity index (χ1v) is 7.16. The van der Waals surface area contributed by atoms with Crippen LogP contribution in [0.5, 0.6) is 0 Å². The molecule has 1 amide bonds. The van der Waals surface area contributed by atoms with Crippen LogP contribution in [0.1, 0.15) is 22.8 Å². The molecule has 1 aliphatic rings. The van der Waals surface area contributed by atoms with Crippen LogP contribution >= 0.6 is 0 Å². The lowest BCUT2D eigenvalue weighted by Crippen LogP contribution is -2.46. The number of hydrogen-bond donors (Lipinski definition) is 0. The van der Waals surface area contributed by atoms with E-state index in [1.165, 1.54) is 5.56 Å². The highest BCUT2D eigenvalue weighted by atomic mass is 16.7. The Morgan fingerprint density at radius 2 is 2.33 bits per heavy atom. The van der Waals surface area contributed by atoms with Crippen molar-refractivity contribution in [2.75, 3.05) is 26.8 Å². The maximum absolute atomic E-state index is 12.7. The summed E-state index contributed by atoms with van der Waals surface area (Å²) in [6.45, 7) is 3.59. The normalized spacial score (nSPS) is 19.1. The minimum atomic E-state index is -0.355. The second-order valence-electron chi connectivity index (χ2n) is 5.12. The van der Waals surface area contributed by atoms with E-state index in [9.17, 15) is 4.79 Å². The summed E-state index contributed by atoms with van der Waals surface area (Å²) in [5, 5.41) is 0.875. The molecule has 0 radical (unpaired) electrons. The summed E-state index contributed by atoms with van der Waals surface area (Å²) in [4.78, 5) is 14.4. The predicted molar refractivity (Wildman–Crippen MR) is 78.2 cm³/mol. The van der Waals surface area contributed by atoms with Crippen molar-refractivity contribution in [3.05, 3.63) is 35.6 Å². The lowest BCUT2D eigenvalue weighted by molar-refractivity contribution is -0.157. The number of ether oxygens (including phenoxy) is 2. The van der Waals surface area contributed by atoms with Crippen LogP contribution in [0.15, 0.2) is 28.9 Å². The molecule has 1 fully saturated rings. The van der Waals surface area contributed by atoms with Gasteiger partial charge in [-0.1, -0.05) is 13.0 Å². The number of amides is 1. The van der Waals surface area contributed by atoms with Crippen LogP contribution in [0.2, 0.25) is 0 Å². The Bertz CT molecular complexity index is 649. The highest BCUT2D eigenvalue weighted by molar-refractivity contribution is 6.06. The van der Waals surface area contributed by atoms with Crippen molar-refractivity contribution in [3.8, 4) is 0 Å². The van der Waals surface area contributed by atoms with Crippen molar-refractivity contribution >= 4 is 16.9 Å². The zero-order valence-electron chi connectivity index (χ0n) is 12.3. The van der Waals surface area contributed by atoms with Gasteiger partial charge < -0.3 is 18.8 Å². The number of methoxy groups -OCH3 is 1. The molecule has 5 nitrogen and oxygen atoms in total. The molecular formula is C16H19NO4. The second-order valence-corrected chi connectivity index (χ2v) is 5.12. The monoisotopic (exact) mass is 289 g/mol. The van der Waals surface area contributed by atoms with Gasteiger partial charge in [-0.2, -0.15) is 0 Å². The minimum Gasteiger partial charge on any atom is -0.463 e. The van der Waals surface area contributed by atoms with E-state index in [-0.39, 0.29) is 12.2 Å². The van der Waals surface area contributed by atoms with E-state index in [1.54, 1.807) is 18.3 Å². The standard InChI is InChI=1S/C16H19NO4/c1-3-11-4-5-14-12(8-11)13(10-21-14)16(18)17-6-7-20-15(9-17)19-2/h4-5,8,10,15H,3,6-7,9H2,1-2H3. The van der Waals surface area contributed by atoms with Gasteiger partial charge in [0.05, 0.1) is 18.7 Å². The average Bonchev–Trinajstić information content (AvgIpc) is 2.97. The quantitative estimate of drug-likeness (QED) is 0.871. The van der Waals surface area contributed by atoms with E-state index in [0.717, 1.165) is 17.4 Å². The van der Waals surface area contributed by atoms with Crippen LogP contribution in [0.25, 0.3) is 11.0 Å². The Morgan fingerprint density at radius 3 is 3.10 bits per heavy atom. The summed E-state index contributed by atoms with van der Waals surface area (Å²) in [5.41, 5.74) is 2.54. The summed E-state index contributed by atoms with van der Waals surface area (Å²) in [6.07, 6.45) is 2.12. The van der Waals surface area contributed by atoms with Crippen molar-refractivity contribution < 1.29 is 18.7 Å². The molecule has 2 aromatic rings. The number of morpholine rings is 1. The number of nitrogens with zero attached hydrogens (tertiary/aromatic N) is 1. The van der Waals surface area contributed by atoms with Crippen LogP contribution in [0.3, 0.4) is 0 Å². The van der Waals surface area contributed by atoms with Gasteiger partial charge >= 0.3 is 0 Å². The number of carbonyl (C=O) groups excluding carboxylic acids is 1. The van der Waals surface area contributed by atoms with E-state index in [0.29, 0.717) is 25.3 Å². The SMILES string of the molecule is CCc1ccc2occ(C(=O)N3CCOC(OC)C3)c2c1. The summed E-state index contributed by atoms with van der Waals surface area (Å²) in [6, 6.07) is 5.97. The molecule has 0 saturated carbocycles. The topological polar surface area (TPSA) is 51.9 Å². The van der Waals surface area contributed by atoms with Crippen LogP contribution in [0, 0.1) is 0 Å². The second kappa shape index (κ2) is 5.87. The third-order valence-corrected chi connectivity index (χ3v) is 3.86. The van der Waals surface area contributed by atoms with Crippen molar-refractivity contribution in [1.29, 1.82) is 0 Å². The molecule has 1 aromatic heterocycles. The predicted octanol–water partition coefficient (Wildman–Crippen LogP) is 2.44. The molecule has 5 heteroatoms.